The predicted molar refractivity (Wildman–Crippen MR) is 50.6 cm³/mol. The molecule has 0 rings (SSSR count). The van der Waals surface area contributed by atoms with E-state index in [1.165, 1.54) is 0 Å². The second kappa shape index (κ2) is 6.86. The van der Waals surface area contributed by atoms with E-state index in [1.54, 1.807) is 6.92 Å². The van der Waals surface area contributed by atoms with Crippen molar-refractivity contribution >= 4 is 5.97 Å². The molecule has 0 radical (unpaired) electrons. The summed E-state index contributed by atoms with van der Waals surface area (Å²) >= 11 is 0. The highest BCUT2D eigenvalue weighted by Crippen LogP contribution is 1.96. The van der Waals surface area contributed by atoms with E-state index < -0.39 is 5.97 Å². The van der Waals surface area contributed by atoms with Crippen LogP contribution < -0.4 is 5.32 Å². The third-order valence-corrected chi connectivity index (χ3v) is 1.75. The summed E-state index contributed by atoms with van der Waals surface area (Å²) in [6, 6.07) is 0.244. The number of hydrogen-bond donors (Lipinski definition) is 3. The van der Waals surface area contributed by atoms with Gasteiger partial charge in [0.1, 0.15) is 0 Å². The number of carboxylic acid groups (broad SMARTS) is 1. The third-order valence-electron chi connectivity index (χ3n) is 1.75. The van der Waals surface area contributed by atoms with E-state index in [4.69, 9.17) is 10.2 Å². The quantitative estimate of drug-likeness (QED) is 0.513. The van der Waals surface area contributed by atoms with Gasteiger partial charge in [0, 0.05) is 12.5 Å². The van der Waals surface area contributed by atoms with Crippen molar-refractivity contribution in [1.29, 1.82) is 0 Å². The summed E-state index contributed by atoms with van der Waals surface area (Å²) in [5.74, 6) is -0.759. The Morgan fingerprint density at radius 1 is 1.46 bits per heavy atom. The molecule has 3 N–H and O–H groups in total. The maximum atomic E-state index is 10.2. The lowest BCUT2D eigenvalue weighted by Gasteiger charge is -2.14. The van der Waals surface area contributed by atoms with Gasteiger partial charge in [-0.25, -0.2) is 0 Å². The molecule has 0 aliphatic carbocycles. The van der Waals surface area contributed by atoms with Gasteiger partial charge in [0.25, 0.3) is 0 Å². The van der Waals surface area contributed by atoms with Crippen LogP contribution in [0.1, 0.15) is 33.1 Å². The van der Waals surface area contributed by atoms with Gasteiger partial charge in [-0.15, -0.1) is 0 Å². The molecule has 0 aromatic carbocycles. The van der Waals surface area contributed by atoms with Crippen molar-refractivity contribution in [1.82, 2.24) is 5.32 Å². The minimum atomic E-state index is -0.759. The highest BCUT2D eigenvalue weighted by molar-refractivity contribution is 5.66. The van der Waals surface area contributed by atoms with Crippen LogP contribution >= 0.6 is 0 Å². The first-order chi connectivity index (χ1) is 6.02. The highest BCUT2D eigenvalue weighted by Gasteiger charge is 2.04. The number of aliphatic hydroxyl groups excluding tert-OH is 1. The Balaban J connectivity index is 3.26. The number of carbonyl (C=O) groups is 1. The monoisotopic (exact) mass is 189 g/mol. The lowest BCUT2D eigenvalue weighted by Crippen LogP contribution is -2.30. The zero-order valence-electron chi connectivity index (χ0n) is 8.29. The van der Waals surface area contributed by atoms with E-state index in [2.05, 4.69) is 5.32 Å². The SMILES string of the molecule is CC(O)CC(C)NCCCC(=O)O. The Bertz CT molecular complexity index is 148. The van der Waals surface area contributed by atoms with Crippen LogP contribution in [-0.2, 0) is 4.79 Å². The predicted octanol–water partition coefficient (Wildman–Crippen LogP) is 0.600. The minimum absolute atomic E-state index is 0.203. The van der Waals surface area contributed by atoms with E-state index in [1.807, 2.05) is 6.92 Å². The largest absolute Gasteiger partial charge is 0.481 e. The van der Waals surface area contributed by atoms with Gasteiger partial charge in [0.2, 0.25) is 0 Å². The minimum Gasteiger partial charge on any atom is -0.481 e. The van der Waals surface area contributed by atoms with E-state index in [-0.39, 0.29) is 18.6 Å². The molecule has 0 aromatic rings. The van der Waals surface area contributed by atoms with Crippen molar-refractivity contribution in [2.45, 2.75) is 45.3 Å². The number of nitrogens with one attached hydrogen (secondary N) is 1. The summed E-state index contributed by atoms with van der Waals surface area (Å²) in [5.41, 5.74) is 0. The van der Waals surface area contributed by atoms with Crippen LogP contribution in [0.2, 0.25) is 0 Å². The van der Waals surface area contributed by atoms with Gasteiger partial charge in [-0.2, -0.15) is 0 Å². The fraction of sp³-hybridized carbons (Fsp3) is 0.889. The van der Waals surface area contributed by atoms with Crippen LogP contribution in [0.15, 0.2) is 0 Å². The first-order valence-electron chi connectivity index (χ1n) is 4.65. The molecule has 78 valence electrons. The molecule has 0 heterocycles. The van der Waals surface area contributed by atoms with Crippen molar-refractivity contribution in [3.05, 3.63) is 0 Å². The molecule has 0 aromatic heterocycles. The van der Waals surface area contributed by atoms with E-state index in [0.29, 0.717) is 19.4 Å². The van der Waals surface area contributed by atoms with Crippen molar-refractivity contribution in [2.24, 2.45) is 0 Å². The number of aliphatic carboxylic acids is 1. The maximum absolute atomic E-state index is 10.2. The van der Waals surface area contributed by atoms with Crippen molar-refractivity contribution in [2.75, 3.05) is 6.54 Å². The smallest absolute Gasteiger partial charge is 0.303 e. The van der Waals surface area contributed by atoms with E-state index >= 15 is 0 Å². The Morgan fingerprint density at radius 3 is 2.54 bits per heavy atom. The summed E-state index contributed by atoms with van der Waals surface area (Å²) < 4.78 is 0. The summed E-state index contributed by atoms with van der Waals surface area (Å²) in [5, 5.41) is 20.5. The lowest BCUT2D eigenvalue weighted by atomic mass is 10.1. The summed E-state index contributed by atoms with van der Waals surface area (Å²) in [6.07, 6.45) is 1.24. The fourth-order valence-corrected chi connectivity index (χ4v) is 1.18. The van der Waals surface area contributed by atoms with Gasteiger partial charge in [0.05, 0.1) is 6.10 Å². The Hall–Kier alpha value is -0.610. The number of rotatable bonds is 7. The lowest BCUT2D eigenvalue weighted by molar-refractivity contribution is -0.137. The number of aliphatic hydroxyl groups is 1. The topological polar surface area (TPSA) is 69.6 Å². The summed E-state index contributed by atoms with van der Waals surface area (Å²) in [7, 11) is 0. The average molecular weight is 189 g/mol. The van der Waals surface area contributed by atoms with E-state index in [0.717, 1.165) is 0 Å². The van der Waals surface area contributed by atoms with Crippen molar-refractivity contribution in [3.63, 3.8) is 0 Å². The van der Waals surface area contributed by atoms with Crippen LogP contribution in [0.25, 0.3) is 0 Å². The first kappa shape index (κ1) is 12.4. The van der Waals surface area contributed by atoms with Gasteiger partial charge < -0.3 is 15.5 Å². The van der Waals surface area contributed by atoms with Crippen LogP contribution in [0, 0.1) is 0 Å². The zero-order valence-corrected chi connectivity index (χ0v) is 8.29. The molecule has 0 spiro atoms. The molecule has 13 heavy (non-hydrogen) atoms. The van der Waals surface area contributed by atoms with Crippen molar-refractivity contribution < 1.29 is 15.0 Å². The van der Waals surface area contributed by atoms with Crippen LogP contribution in [0.4, 0.5) is 0 Å². The third kappa shape index (κ3) is 9.30. The summed E-state index contributed by atoms with van der Waals surface area (Å²) in [6.45, 7) is 4.42. The molecular weight excluding hydrogens is 170 g/mol. The molecule has 0 bridgehead atoms. The van der Waals surface area contributed by atoms with Crippen LogP contribution in [0.3, 0.4) is 0 Å². The Kier molecular flexibility index (Phi) is 6.54. The Labute approximate surface area is 79.0 Å². The molecule has 0 saturated carbocycles. The molecule has 0 amide bonds. The highest BCUT2D eigenvalue weighted by atomic mass is 16.4. The molecule has 0 saturated heterocycles. The zero-order chi connectivity index (χ0) is 10.3. The normalized spacial score (nSPS) is 15.3. The van der Waals surface area contributed by atoms with Crippen LogP contribution in [-0.4, -0.2) is 34.9 Å². The standard InChI is InChI=1S/C9H19NO3/c1-7(6-8(2)11)10-5-3-4-9(12)13/h7-8,10-11H,3-6H2,1-2H3,(H,12,13). The number of carboxylic acids is 1. The van der Waals surface area contributed by atoms with Gasteiger partial charge in [0.15, 0.2) is 0 Å². The molecule has 4 heteroatoms. The van der Waals surface area contributed by atoms with Crippen LogP contribution in [0.5, 0.6) is 0 Å². The van der Waals surface area contributed by atoms with Crippen molar-refractivity contribution in [3.8, 4) is 0 Å². The average Bonchev–Trinajstić information content (AvgIpc) is 1.96. The molecule has 4 nitrogen and oxygen atoms in total. The molecule has 2 unspecified atom stereocenters. The fourth-order valence-electron chi connectivity index (χ4n) is 1.18. The molecule has 0 fully saturated rings. The van der Waals surface area contributed by atoms with Gasteiger partial charge in [-0.1, -0.05) is 0 Å². The van der Waals surface area contributed by atoms with Gasteiger partial charge in [-0.3, -0.25) is 4.79 Å². The Morgan fingerprint density at radius 2 is 2.08 bits per heavy atom. The number of hydrogen-bond acceptors (Lipinski definition) is 3. The molecular formula is C9H19NO3. The van der Waals surface area contributed by atoms with E-state index in [9.17, 15) is 4.79 Å². The second-order valence-corrected chi connectivity index (χ2v) is 3.44. The molecule has 0 aliphatic rings. The first-order valence-corrected chi connectivity index (χ1v) is 4.65. The molecule has 0 aliphatic heterocycles. The maximum Gasteiger partial charge on any atom is 0.303 e. The summed E-state index contributed by atoms with van der Waals surface area (Å²) in [4.78, 5) is 10.2. The van der Waals surface area contributed by atoms with Gasteiger partial charge in [-0.05, 0) is 33.2 Å². The van der Waals surface area contributed by atoms with Gasteiger partial charge >= 0.3 is 5.97 Å². The second-order valence-electron chi connectivity index (χ2n) is 3.44. The molecule has 2 atom stereocenters.